The zero-order chi connectivity index (χ0) is 9.26. The zero-order valence-electron chi connectivity index (χ0n) is 7.08. The second-order valence-corrected chi connectivity index (χ2v) is 4.01. The van der Waals surface area contributed by atoms with Crippen LogP contribution in [0.5, 0.6) is 0 Å². The molecule has 1 fully saturated rings. The first kappa shape index (κ1) is 9.11. The molecule has 2 heteroatoms. The lowest BCUT2D eigenvalue weighted by Crippen LogP contribution is -1.82. The lowest BCUT2D eigenvalue weighted by atomic mass is 10.1. The third-order valence-corrected chi connectivity index (χ3v) is 3.21. The van der Waals surface area contributed by atoms with Gasteiger partial charge < -0.3 is 0 Å². The first-order valence-electron chi connectivity index (χ1n) is 4.33. The smallest absolute Gasteiger partial charge is 0.0331 e. The molecule has 1 aliphatic rings. The number of halogens is 2. The van der Waals surface area contributed by atoms with Crippen LogP contribution < -0.4 is 0 Å². The van der Waals surface area contributed by atoms with Gasteiger partial charge in [-0.25, -0.2) is 0 Å². The highest BCUT2D eigenvalue weighted by Crippen LogP contribution is 2.52. The molecule has 1 aromatic carbocycles. The summed E-state index contributed by atoms with van der Waals surface area (Å²) in [6, 6.07) is 10.4. The van der Waals surface area contributed by atoms with Crippen molar-refractivity contribution >= 4 is 23.2 Å². The Morgan fingerprint density at radius 3 is 2.62 bits per heavy atom. The molecule has 0 aliphatic heterocycles. The van der Waals surface area contributed by atoms with Crippen LogP contribution in [0, 0.1) is 5.92 Å². The van der Waals surface area contributed by atoms with Crippen molar-refractivity contribution in [3.8, 4) is 0 Å². The monoisotopic (exact) mass is 212 g/mol. The van der Waals surface area contributed by atoms with Gasteiger partial charge in [0.1, 0.15) is 0 Å². The van der Waals surface area contributed by atoms with Gasteiger partial charge in [-0.05, 0) is 17.9 Å². The van der Waals surface area contributed by atoms with Crippen molar-refractivity contribution in [2.24, 2.45) is 5.92 Å². The summed E-state index contributed by atoms with van der Waals surface area (Å²) in [5.74, 6) is 1.05. The minimum absolute atomic E-state index is 0.460. The molecule has 1 aromatic rings. The fourth-order valence-electron chi connectivity index (χ4n) is 1.65. The lowest BCUT2D eigenvalue weighted by molar-refractivity contribution is 0.996. The third-order valence-electron chi connectivity index (χ3n) is 2.48. The van der Waals surface area contributed by atoms with E-state index in [1.807, 2.05) is 6.07 Å². The highest BCUT2D eigenvalue weighted by Gasteiger charge is 2.40. The number of hydrogen-bond donors (Lipinski definition) is 0. The van der Waals surface area contributed by atoms with Crippen molar-refractivity contribution in [2.75, 3.05) is 0 Å². The first-order valence-corrected chi connectivity index (χ1v) is 5.15. The van der Waals surface area contributed by atoms with E-state index < -0.39 is 0 Å². The molecule has 0 unspecified atom stereocenters. The molecule has 13 heavy (non-hydrogen) atoms. The molecule has 2 atom stereocenters. The SMILES string of the molecule is Cl/C=C(\Cl)[C@H]1C[C@@H]1c1ccccc1. The molecule has 0 heterocycles. The van der Waals surface area contributed by atoms with Gasteiger partial charge in [0, 0.05) is 16.5 Å². The first-order chi connectivity index (χ1) is 6.33. The van der Waals surface area contributed by atoms with Crippen molar-refractivity contribution < 1.29 is 0 Å². The van der Waals surface area contributed by atoms with Gasteiger partial charge >= 0.3 is 0 Å². The second kappa shape index (κ2) is 3.73. The average Bonchev–Trinajstić information content (AvgIpc) is 2.98. The highest BCUT2D eigenvalue weighted by atomic mass is 35.5. The third kappa shape index (κ3) is 1.90. The molecule has 0 amide bonds. The quantitative estimate of drug-likeness (QED) is 0.693. The summed E-state index contributed by atoms with van der Waals surface area (Å²) in [5, 5.41) is 0.788. The van der Waals surface area contributed by atoms with Crippen LogP contribution in [0.15, 0.2) is 40.9 Å². The maximum atomic E-state index is 5.94. The second-order valence-electron chi connectivity index (χ2n) is 3.35. The van der Waals surface area contributed by atoms with Crippen LogP contribution in [0.25, 0.3) is 0 Å². The maximum absolute atomic E-state index is 5.94. The van der Waals surface area contributed by atoms with Crippen molar-refractivity contribution in [1.82, 2.24) is 0 Å². The van der Waals surface area contributed by atoms with Gasteiger partial charge in [-0.15, -0.1) is 0 Å². The Morgan fingerprint density at radius 1 is 1.31 bits per heavy atom. The number of rotatable bonds is 2. The van der Waals surface area contributed by atoms with E-state index in [-0.39, 0.29) is 0 Å². The molecule has 0 saturated heterocycles. The van der Waals surface area contributed by atoms with Crippen LogP contribution in [0.3, 0.4) is 0 Å². The van der Waals surface area contributed by atoms with Gasteiger partial charge in [0.25, 0.3) is 0 Å². The summed E-state index contributed by atoms with van der Waals surface area (Å²) in [6.45, 7) is 0. The summed E-state index contributed by atoms with van der Waals surface area (Å²) < 4.78 is 0. The summed E-state index contributed by atoms with van der Waals surface area (Å²) in [4.78, 5) is 0. The molecule has 0 bridgehead atoms. The fourth-order valence-corrected chi connectivity index (χ4v) is 2.05. The van der Waals surface area contributed by atoms with E-state index in [0.29, 0.717) is 11.8 Å². The molecule has 2 rings (SSSR count). The molecule has 0 spiro atoms. The topological polar surface area (TPSA) is 0 Å². The Labute approximate surface area is 88.2 Å². The number of allylic oxidation sites excluding steroid dienone is 1. The molecular weight excluding hydrogens is 203 g/mol. The molecular formula is C11H10Cl2. The predicted molar refractivity (Wildman–Crippen MR) is 57.1 cm³/mol. The maximum Gasteiger partial charge on any atom is 0.0331 e. The van der Waals surface area contributed by atoms with Crippen LogP contribution in [0.2, 0.25) is 0 Å². The summed E-state index contributed by atoms with van der Waals surface area (Å²) >= 11 is 11.5. The highest BCUT2D eigenvalue weighted by molar-refractivity contribution is 6.36. The van der Waals surface area contributed by atoms with E-state index in [1.54, 1.807) is 0 Å². The van der Waals surface area contributed by atoms with Gasteiger partial charge in [-0.2, -0.15) is 0 Å². The van der Waals surface area contributed by atoms with Crippen LogP contribution in [0.4, 0.5) is 0 Å². The Balaban J connectivity index is 2.09. The normalized spacial score (nSPS) is 27.4. The lowest BCUT2D eigenvalue weighted by Gasteiger charge is -1.97. The van der Waals surface area contributed by atoms with Crippen molar-refractivity contribution in [3.63, 3.8) is 0 Å². The van der Waals surface area contributed by atoms with Gasteiger partial charge in [-0.3, -0.25) is 0 Å². The summed E-state index contributed by atoms with van der Waals surface area (Å²) in [6.07, 6.45) is 1.13. The predicted octanol–water partition coefficient (Wildman–Crippen LogP) is 4.11. The molecule has 1 aliphatic carbocycles. The molecule has 0 aromatic heterocycles. The van der Waals surface area contributed by atoms with Crippen LogP contribution in [-0.4, -0.2) is 0 Å². The molecule has 0 radical (unpaired) electrons. The molecule has 0 N–H and O–H groups in total. The van der Waals surface area contributed by atoms with E-state index >= 15 is 0 Å². The average molecular weight is 213 g/mol. The summed E-state index contributed by atoms with van der Waals surface area (Å²) in [5.41, 5.74) is 2.85. The van der Waals surface area contributed by atoms with Crippen LogP contribution >= 0.6 is 23.2 Å². The van der Waals surface area contributed by atoms with E-state index in [1.165, 1.54) is 11.1 Å². The van der Waals surface area contributed by atoms with Crippen molar-refractivity contribution in [1.29, 1.82) is 0 Å². The van der Waals surface area contributed by atoms with Gasteiger partial charge in [0.2, 0.25) is 0 Å². The molecule has 0 nitrogen and oxygen atoms in total. The van der Waals surface area contributed by atoms with Gasteiger partial charge in [-0.1, -0.05) is 53.5 Å². The van der Waals surface area contributed by atoms with E-state index in [0.717, 1.165) is 11.5 Å². The van der Waals surface area contributed by atoms with Gasteiger partial charge in [0.15, 0.2) is 0 Å². The summed E-state index contributed by atoms with van der Waals surface area (Å²) in [7, 11) is 0. The van der Waals surface area contributed by atoms with Crippen molar-refractivity contribution in [2.45, 2.75) is 12.3 Å². The van der Waals surface area contributed by atoms with E-state index in [4.69, 9.17) is 23.2 Å². The Kier molecular flexibility index (Phi) is 2.61. The van der Waals surface area contributed by atoms with Crippen molar-refractivity contribution in [3.05, 3.63) is 46.5 Å². The number of benzene rings is 1. The fraction of sp³-hybridized carbons (Fsp3) is 0.273. The van der Waals surface area contributed by atoms with E-state index in [9.17, 15) is 0 Å². The Morgan fingerprint density at radius 2 is 2.00 bits per heavy atom. The number of hydrogen-bond acceptors (Lipinski definition) is 0. The Bertz CT molecular complexity index is 316. The van der Waals surface area contributed by atoms with E-state index in [2.05, 4.69) is 24.3 Å². The molecule has 1 saturated carbocycles. The zero-order valence-corrected chi connectivity index (χ0v) is 8.59. The Hall–Kier alpha value is -0.460. The standard InChI is InChI=1S/C11H10Cl2/c12-7-11(13)10-6-9(10)8-4-2-1-3-5-8/h1-5,7,9-10H,6H2/b11-7-/t9-,10+/m1/s1. The molecule has 68 valence electrons. The van der Waals surface area contributed by atoms with Crippen LogP contribution in [0.1, 0.15) is 17.9 Å². The van der Waals surface area contributed by atoms with Crippen LogP contribution in [-0.2, 0) is 0 Å². The minimum atomic E-state index is 0.460. The van der Waals surface area contributed by atoms with Gasteiger partial charge in [0.05, 0.1) is 0 Å². The largest absolute Gasteiger partial charge is 0.0917 e. The minimum Gasteiger partial charge on any atom is -0.0917 e.